The molecule has 0 saturated heterocycles. The van der Waals surface area contributed by atoms with E-state index in [1.807, 2.05) is 0 Å². The second kappa shape index (κ2) is 8.15. The van der Waals surface area contributed by atoms with Crippen molar-refractivity contribution in [3.63, 3.8) is 0 Å². The molecule has 3 N–H and O–H groups in total. The lowest BCUT2D eigenvalue weighted by atomic mass is 9.84. The van der Waals surface area contributed by atoms with Crippen LogP contribution in [0.3, 0.4) is 0 Å². The molecule has 128 valence electrons. The lowest BCUT2D eigenvalue weighted by Gasteiger charge is -2.30. The van der Waals surface area contributed by atoms with Crippen LogP contribution in [0.1, 0.15) is 42.5 Å². The highest BCUT2D eigenvalue weighted by Crippen LogP contribution is 2.30. The highest BCUT2D eigenvalue weighted by molar-refractivity contribution is 5.95. The molecule has 0 spiro atoms. The van der Waals surface area contributed by atoms with Crippen LogP contribution in [0.2, 0.25) is 0 Å². The molecule has 1 atom stereocenters. The van der Waals surface area contributed by atoms with Crippen molar-refractivity contribution >= 4 is 5.91 Å². The van der Waals surface area contributed by atoms with Crippen LogP contribution in [0, 0.1) is 11.7 Å². The first-order chi connectivity index (χ1) is 11.1. The molecule has 1 aliphatic carbocycles. The molecule has 0 bridgehead atoms. The van der Waals surface area contributed by atoms with Crippen molar-refractivity contribution in [3.8, 4) is 11.5 Å². The minimum Gasteiger partial charge on any atom is -0.493 e. The standard InChI is InChI=1S/C17H25FN2O3/c1-22-15-8-12(13(18)9-16(15)23-2)17(21)20-14(10-19)11-6-4-3-5-7-11/h8-9,11,14H,3-7,10,19H2,1-2H3,(H,20,21). The first-order valence-corrected chi connectivity index (χ1v) is 8.03. The number of hydrogen-bond donors (Lipinski definition) is 2. The quantitative estimate of drug-likeness (QED) is 0.843. The summed E-state index contributed by atoms with van der Waals surface area (Å²) in [6, 6.07) is 2.39. The van der Waals surface area contributed by atoms with E-state index in [1.54, 1.807) is 0 Å². The van der Waals surface area contributed by atoms with Gasteiger partial charge in [-0.2, -0.15) is 0 Å². The van der Waals surface area contributed by atoms with Crippen LogP contribution in [0.5, 0.6) is 11.5 Å². The first-order valence-electron chi connectivity index (χ1n) is 8.03. The van der Waals surface area contributed by atoms with Crippen LogP contribution in [-0.4, -0.2) is 32.7 Å². The number of carbonyl (C=O) groups is 1. The van der Waals surface area contributed by atoms with Gasteiger partial charge in [-0.05, 0) is 24.8 Å². The fourth-order valence-electron chi connectivity index (χ4n) is 3.18. The Morgan fingerprint density at radius 1 is 1.26 bits per heavy atom. The fourth-order valence-corrected chi connectivity index (χ4v) is 3.18. The molecular formula is C17H25FN2O3. The maximum atomic E-state index is 14.2. The van der Waals surface area contributed by atoms with Gasteiger partial charge in [0, 0.05) is 18.7 Å². The SMILES string of the molecule is COc1cc(F)c(C(=O)NC(CN)C2CCCCC2)cc1OC. The highest BCUT2D eigenvalue weighted by atomic mass is 19.1. The van der Waals surface area contributed by atoms with Crippen molar-refractivity contribution in [2.75, 3.05) is 20.8 Å². The summed E-state index contributed by atoms with van der Waals surface area (Å²) in [7, 11) is 2.87. The van der Waals surface area contributed by atoms with E-state index in [0.717, 1.165) is 31.7 Å². The predicted octanol–water partition coefficient (Wildman–Crippen LogP) is 2.48. The summed E-state index contributed by atoms with van der Waals surface area (Å²) in [5.74, 6) is -0.171. The summed E-state index contributed by atoms with van der Waals surface area (Å²) in [5, 5.41) is 2.88. The number of amides is 1. The van der Waals surface area contributed by atoms with Crippen molar-refractivity contribution in [1.82, 2.24) is 5.32 Å². The lowest BCUT2D eigenvalue weighted by molar-refractivity contribution is 0.0911. The molecule has 6 heteroatoms. The van der Waals surface area contributed by atoms with E-state index < -0.39 is 11.7 Å². The van der Waals surface area contributed by atoms with Gasteiger partial charge >= 0.3 is 0 Å². The number of nitrogens with one attached hydrogen (secondary N) is 1. The molecular weight excluding hydrogens is 299 g/mol. The van der Waals surface area contributed by atoms with Gasteiger partial charge in [-0.3, -0.25) is 4.79 Å². The number of methoxy groups -OCH3 is 2. The second-order valence-corrected chi connectivity index (χ2v) is 5.90. The van der Waals surface area contributed by atoms with Gasteiger partial charge in [-0.25, -0.2) is 4.39 Å². The zero-order chi connectivity index (χ0) is 16.8. The summed E-state index contributed by atoms with van der Waals surface area (Å²) in [6.45, 7) is 0.352. The Hall–Kier alpha value is -1.82. The smallest absolute Gasteiger partial charge is 0.254 e. The molecule has 1 aliphatic rings. The molecule has 2 rings (SSSR count). The van der Waals surface area contributed by atoms with E-state index in [0.29, 0.717) is 18.2 Å². The van der Waals surface area contributed by atoms with Gasteiger partial charge < -0.3 is 20.5 Å². The molecule has 1 fully saturated rings. The van der Waals surface area contributed by atoms with Crippen LogP contribution >= 0.6 is 0 Å². The minimum absolute atomic E-state index is 0.0584. The average molecular weight is 324 g/mol. The van der Waals surface area contributed by atoms with Gasteiger partial charge in [0.05, 0.1) is 19.8 Å². The third kappa shape index (κ3) is 4.13. The molecule has 0 heterocycles. The Kier molecular flexibility index (Phi) is 6.21. The lowest BCUT2D eigenvalue weighted by Crippen LogP contribution is -2.46. The van der Waals surface area contributed by atoms with E-state index >= 15 is 0 Å². The molecule has 1 amide bonds. The number of halogens is 1. The third-order valence-corrected chi connectivity index (χ3v) is 4.51. The number of ether oxygens (including phenoxy) is 2. The molecule has 0 radical (unpaired) electrons. The maximum absolute atomic E-state index is 14.2. The van der Waals surface area contributed by atoms with Gasteiger partial charge in [-0.15, -0.1) is 0 Å². The van der Waals surface area contributed by atoms with Crippen molar-refractivity contribution in [2.45, 2.75) is 38.1 Å². The van der Waals surface area contributed by atoms with Crippen LogP contribution in [0.4, 0.5) is 4.39 Å². The monoisotopic (exact) mass is 324 g/mol. The van der Waals surface area contributed by atoms with Crippen molar-refractivity contribution in [1.29, 1.82) is 0 Å². The number of rotatable bonds is 6. The Morgan fingerprint density at radius 2 is 1.87 bits per heavy atom. The number of carbonyl (C=O) groups excluding carboxylic acids is 1. The average Bonchev–Trinajstić information content (AvgIpc) is 2.59. The normalized spacial score (nSPS) is 16.7. The maximum Gasteiger partial charge on any atom is 0.254 e. The van der Waals surface area contributed by atoms with Crippen molar-refractivity contribution < 1.29 is 18.7 Å². The van der Waals surface area contributed by atoms with E-state index in [2.05, 4.69) is 5.32 Å². The van der Waals surface area contributed by atoms with E-state index in [9.17, 15) is 9.18 Å². The topological polar surface area (TPSA) is 73.6 Å². The molecule has 0 aliphatic heterocycles. The van der Waals surface area contributed by atoms with Crippen LogP contribution < -0.4 is 20.5 Å². The largest absolute Gasteiger partial charge is 0.493 e. The minimum atomic E-state index is -0.639. The summed E-state index contributed by atoms with van der Waals surface area (Å²) in [6.07, 6.45) is 5.64. The molecule has 1 aromatic rings. The Labute approximate surface area is 136 Å². The highest BCUT2D eigenvalue weighted by Gasteiger charge is 2.26. The van der Waals surface area contributed by atoms with Crippen molar-refractivity contribution in [2.24, 2.45) is 11.7 Å². The first kappa shape index (κ1) is 17.5. The summed E-state index contributed by atoms with van der Waals surface area (Å²) in [5.41, 5.74) is 5.76. The van der Waals surface area contributed by atoms with E-state index in [1.165, 1.54) is 26.7 Å². The zero-order valence-corrected chi connectivity index (χ0v) is 13.7. The number of benzene rings is 1. The Morgan fingerprint density at radius 3 is 2.43 bits per heavy atom. The van der Waals surface area contributed by atoms with Crippen LogP contribution in [0.15, 0.2) is 12.1 Å². The predicted molar refractivity (Wildman–Crippen MR) is 86.4 cm³/mol. The van der Waals surface area contributed by atoms with Crippen LogP contribution in [-0.2, 0) is 0 Å². The van der Waals surface area contributed by atoms with Crippen LogP contribution in [0.25, 0.3) is 0 Å². The summed E-state index contributed by atoms with van der Waals surface area (Å²) < 4.78 is 24.3. The molecule has 1 saturated carbocycles. The summed E-state index contributed by atoms with van der Waals surface area (Å²) in [4.78, 5) is 12.4. The van der Waals surface area contributed by atoms with Gasteiger partial charge in [0.2, 0.25) is 0 Å². The molecule has 23 heavy (non-hydrogen) atoms. The Balaban J connectivity index is 2.15. The Bertz CT molecular complexity index is 545. The second-order valence-electron chi connectivity index (χ2n) is 5.90. The molecule has 1 unspecified atom stereocenters. The summed E-state index contributed by atoms with van der Waals surface area (Å²) >= 11 is 0. The fraction of sp³-hybridized carbons (Fsp3) is 0.588. The molecule has 0 aromatic heterocycles. The molecule has 5 nitrogen and oxygen atoms in total. The molecule has 1 aromatic carbocycles. The zero-order valence-electron chi connectivity index (χ0n) is 13.7. The van der Waals surface area contributed by atoms with Crippen molar-refractivity contribution in [3.05, 3.63) is 23.5 Å². The number of nitrogens with two attached hydrogens (primary N) is 1. The third-order valence-electron chi connectivity index (χ3n) is 4.51. The van der Waals surface area contributed by atoms with Gasteiger partial charge in [0.25, 0.3) is 5.91 Å². The van der Waals surface area contributed by atoms with Gasteiger partial charge in [0.1, 0.15) is 5.82 Å². The number of hydrogen-bond acceptors (Lipinski definition) is 4. The van der Waals surface area contributed by atoms with Gasteiger partial charge in [-0.1, -0.05) is 19.3 Å². The van der Waals surface area contributed by atoms with Gasteiger partial charge in [0.15, 0.2) is 11.5 Å². The van der Waals surface area contributed by atoms with E-state index in [-0.39, 0.29) is 17.4 Å². The van der Waals surface area contributed by atoms with E-state index in [4.69, 9.17) is 15.2 Å².